The Morgan fingerprint density at radius 2 is 1.86 bits per heavy atom. The summed E-state index contributed by atoms with van der Waals surface area (Å²) < 4.78 is 35.5. The van der Waals surface area contributed by atoms with E-state index in [0.29, 0.717) is 57.1 Å². The van der Waals surface area contributed by atoms with Gasteiger partial charge in [-0.05, 0) is 30.7 Å². The zero-order valence-electron chi connectivity index (χ0n) is 16.2. The van der Waals surface area contributed by atoms with Gasteiger partial charge in [-0.3, -0.25) is 13.9 Å². The van der Waals surface area contributed by atoms with Gasteiger partial charge in [0.25, 0.3) is 5.91 Å². The molecule has 1 heterocycles. The minimum Gasteiger partial charge on any atom is -0.385 e. The van der Waals surface area contributed by atoms with Crippen molar-refractivity contribution in [1.82, 2.24) is 10.2 Å². The van der Waals surface area contributed by atoms with Crippen LogP contribution in [0.2, 0.25) is 0 Å². The molecule has 2 rings (SSSR count). The molecule has 1 N–H and O–H groups in total. The summed E-state index contributed by atoms with van der Waals surface area (Å²) in [4.78, 5) is 26.3. The molecule has 0 saturated carbocycles. The van der Waals surface area contributed by atoms with E-state index in [4.69, 9.17) is 9.47 Å². The third-order valence-corrected chi connectivity index (χ3v) is 5.38. The molecule has 156 valence electrons. The van der Waals surface area contributed by atoms with Gasteiger partial charge >= 0.3 is 0 Å². The lowest BCUT2D eigenvalue weighted by Crippen LogP contribution is -2.41. The quantitative estimate of drug-likeness (QED) is 0.575. The molecular formula is C18H27N3O6S. The zero-order valence-corrected chi connectivity index (χ0v) is 17.0. The highest BCUT2D eigenvalue weighted by Crippen LogP contribution is 2.19. The minimum atomic E-state index is -3.67. The van der Waals surface area contributed by atoms with Gasteiger partial charge in [0.15, 0.2) is 0 Å². The Kier molecular flexibility index (Phi) is 8.21. The van der Waals surface area contributed by atoms with Crippen molar-refractivity contribution in [3.63, 3.8) is 0 Å². The number of benzene rings is 1. The molecule has 0 aromatic heterocycles. The zero-order chi connectivity index (χ0) is 20.6. The number of hydrogen-bond donors (Lipinski definition) is 1. The van der Waals surface area contributed by atoms with E-state index < -0.39 is 15.9 Å². The average Bonchev–Trinajstić information content (AvgIpc) is 2.69. The maximum atomic E-state index is 12.5. The van der Waals surface area contributed by atoms with E-state index in [1.54, 1.807) is 24.1 Å². The molecule has 1 aromatic carbocycles. The van der Waals surface area contributed by atoms with E-state index >= 15 is 0 Å². The molecule has 2 amide bonds. The minimum absolute atomic E-state index is 0.128. The van der Waals surface area contributed by atoms with Crippen molar-refractivity contribution in [3.8, 4) is 0 Å². The Hall–Kier alpha value is -2.17. The van der Waals surface area contributed by atoms with Gasteiger partial charge in [-0.15, -0.1) is 0 Å². The van der Waals surface area contributed by atoms with Crippen LogP contribution in [0.4, 0.5) is 5.69 Å². The Labute approximate surface area is 165 Å². The van der Waals surface area contributed by atoms with Crippen molar-refractivity contribution in [2.24, 2.45) is 0 Å². The van der Waals surface area contributed by atoms with Crippen LogP contribution in [0.1, 0.15) is 16.8 Å². The summed E-state index contributed by atoms with van der Waals surface area (Å²) in [6, 6.07) is 6.21. The Balaban J connectivity index is 2.05. The number of nitrogens with one attached hydrogen (secondary N) is 1. The van der Waals surface area contributed by atoms with Crippen molar-refractivity contribution < 1.29 is 27.5 Å². The van der Waals surface area contributed by atoms with Crippen LogP contribution in [0.15, 0.2) is 24.3 Å². The average molecular weight is 413 g/mol. The van der Waals surface area contributed by atoms with Crippen LogP contribution >= 0.6 is 0 Å². The first kappa shape index (κ1) is 22.1. The smallest absolute Gasteiger partial charge is 0.254 e. The third kappa shape index (κ3) is 6.47. The maximum absolute atomic E-state index is 12.5. The Morgan fingerprint density at radius 3 is 2.43 bits per heavy atom. The van der Waals surface area contributed by atoms with Crippen LogP contribution in [0, 0.1) is 0 Å². The molecule has 1 aliphatic heterocycles. The van der Waals surface area contributed by atoms with E-state index in [1.165, 1.54) is 12.1 Å². The second-order valence-electron chi connectivity index (χ2n) is 6.42. The first-order chi connectivity index (χ1) is 13.3. The summed E-state index contributed by atoms with van der Waals surface area (Å²) in [5.74, 6) is -0.536. The van der Waals surface area contributed by atoms with Gasteiger partial charge in [0, 0.05) is 38.9 Å². The molecule has 1 aliphatic rings. The summed E-state index contributed by atoms with van der Waals surface area (Å²) >= 11 is 0. The van der Waals surface area contributed by atoms with Gasteiger partial charge in [-0.25, -0.2) is 8.42 Å². The summed E-state index contributed by atoms with van der Waals surface area (Å²) in [7, 11) is -2.10. The van der Waals surface area contributed by atoms with Gasteiger partial charge in [0.05, 0.1) is 25.2 Å². The van der Waals surface area contributed by atoms with Gasteiger partial charge < -0.3 is 19.7 Å². The summed E-state index contributed by atoms with van der Waals surface area (Å²) in [6.45, 7) is 2.64. The number of hydrogen-bond acceptors (Lipinski definition) is 6. The van der Waals surface area contributed by atoms with E-state index in [-0.39, 0.29) is 12.5 Å². The molecule has 0 spiro atoms. The molecule has 1 fully saturated rings. The van der Waals surface area contributed by atoms with Crippen LogP contribution < -0.4 is 9.62 Å². The lowest BCUT2D eigenvalue weighted by molar-refractivity contribution is -0.119. The Bertz CT molecular complexity index is 760. The van der Waals surface area contributed by atoms with Crippen LogP contribution in [0.3, 0.4) is 0 Å². The van der Waals surface area contributed by atoms with Gasteiger partial charge in [-0.2, -0.15) is 0 Å². The van der Waals surface area contributed by atoms with Crippen LogP contribution in [-0.2, 0) is 24.3 Å². The predicted octanol–water partition coefficient (Wildman–Crippen LogP) is 0.0777. The second-order valence-corrected chi connectivity index (χ2v) is 8.32. The molecule has 28 heavy (non-hydrogen) atoms. The largest absolute Gasteiger partial charge is 0.385 e. The number of nitrogens with zero attached hydrogens (tertiary/aromatic N) is 2. The van der Waals surface area contributed by atoms with Crippen LogP contribution in [0.25, 0.3) is 0 Å². The van der Waals surface area contributed by atoms with Gasteiger partial charge in [0.2, 0.25) is 15.9 Å². The van der Waals surface area contributed by atoms with Crippen molar-refractivity contribution >= 4 is 27.5 Å². The SMILES string of the molecule is COCCCNC(=O)CN(c1ccc(C(=O)N2CCOCC2)cc1)S(C)(=O)=O. The van der Waals surface area contributed by atoms with Crippen molar-refractivity contribution in [2.75, 3.05) is 63.7 Å². The second kappa shape index (κ2) is 10.4. The maximum Gasteiger partial charge on any atom is 0.254 e. The molecule has 10 heteroatoms. The first-order valence-corrected chi connectivity index (χ1v) is 10.9. The van der Waals surface area contributed by atoms with Crippen molar-refractivity contribution in [1.29, 1.82) is 0 Å². The van der Waals surface area contributed by atoms with E-state index in [0.717, 1.165) is 10.6 Å². The number of morpholine rings is 1. The summed E-state index contributed by atoms with van der Waals surface area (Å²) in [5, 5.41) is 2.66. The number of amides is 2. The highest BCUT2D eigenvalue weighted by Gasteiger charge is 2.22. The fraction of sp³-hybridized carbons (Fsp3) is 0.556. The molecule has 1 aromatic rings. The lowest BCUT2D eigenvalue weighted by Gasteiger charge is -2.27. The number of methoxy groups -OCH3 is 1. The Morgan fingerprint density at radius 1 is 1.21 bits per heavy atom. The van der Waals surface area contributed by atoms with Gasteiger partial charge in [0.1, 0.15) is 6.54 Å². The number of sulfonamides is 1. The molecule has 9 nitrogen and oxygen atoms in total. The molecule has 0 bridgehead atoms. The van der Waals surface area contributed by atoms with Gasteiger partial charge in [-0.1, -0.05) is 0 Å². The fourth-order valence-corrected chi connectivity index (χ4v) is 3.61. The van der Waals surface area contributed by atoms with Crippen LogP contribution in [0.5, 0.6) is 0 Å². The molecule has 1 saturated heterocycles. The van der Waals surface area contributed by atoms with Crippen molar-refractivity contribution in [3.05, 3.63) is 29.8 Å². The number of ether oxygens (including phenoxy) is 2. The monoisotopic (exact) mass is 413 g/mol. The first-order valence-electron chi connectivity index (χ1n) is 9.03. The molecule has 0 radical (unpaired) electrons. The molecule has 0 unspecified atom stereocenters. The summed E-state index contributed by atoms with van der Waals surface area (Å²) in [6.07, 6.45) is 1.68. The van der Waals surface area contributed by atoms with Crippen molar-refractivity contribution in [2.45, 2.75) is 6.42 Å². The lowest BCUT2D eigenvalue weighted by atomic mass is 10.1. The highest BCUT2D eigenvalue weighted by molar-refractivity contribution is 7.92. The van der Waals surface area contributed by atoms with E-state index in [9.17, 15) is 18.0 Å². The number of carbonyl (C=O) groups is 2. The number of anilines is 1. The van der Waals surface area contributed by atoms with E-state index in [1.807, 2.05) is 0 Å². The molecule has 0 atom stereocenters. The third-order valence-electron chi connectivity index (χ3n) is 4.24. The molecule has 0 aliphatic carbocycles. The molecular weight excluding hydrogens is 386 g/mol. The normalized spacial score (nSPS) is 14.6. The summed E-state index contributed by atoms with van der Waals surface area (Å²) in [5.41, 5.74) is 0.788. The predicted molar refractivity (Wildman–Crippen MR) is 105 cm³/mol. The van der Waals surface area contributed by atoms with E-state index in [2.05, 4.69) is 5.32 Å². The van der Waals surface area contributed by atoms with Crippen LogP contribution in [-0.4, -0.2) is 84.5 Å². The topological polar surface area (TPSA) is 105 Å². The highest BCUT2D eigenvalue weighted by atomic mass is 32.2. The number of carbonyl (C=O) groups excluding carboxylic acids is 2. The standard InChI is InChI=1S/C18H27N3O6S/c1-26-11-3-8-19-17(22)14-21(28(2,24)25)16-6-4-15(5-7-16)18(23)20-9-12-27-13-10-20/h4-7H,3,8-14H2,1-2H3,(H,19,22). The number of rotatable bonds is 9. The fourth-order valence-electron chi connectivity index (χ4n) is 2.75.